The van der Waals surface area contributed by atoms with Crippen molar-refractivity contribution in [2.24, 2.45) is 0 Å². The molecule has 1 aromatic carbocycles. The predicted octanol–water partition coefficient (Wildman–Crippen LogP) is 1.65. The molecule has 1 atom stereocenters. The van der Waals surface area contributed by atoms with E-state index in [2.05, 4.69) is 30.4 Å². The third kappa shape index (κ3) is 1.65. The maximum atomic E-state index is 11.1. The Hall–Kier alpha value is -1.31. The van der Waals surface area contributed by atoms with Gasteiger partial charge in [0.1, 0.15) is 0 Å². The number of benzene rings is 1. The van der Waals surface area contributed by atoms with Crippen LogP contribution in [0.1, 0.15) is 25.3 Å². The van der Waals surface area contributed by atoms with E-state index >= 15 is 0 Å². The summed E-state index contributed by atoms with van der Waals surface area (Å²) < 4.78 is 0. The van der Waals surface area contributed by atoms with Crippen LogP contribution in [0.15, 0.2) is 24.3 Å². The number of nitrogens with one attached hydrogen (secondary N) is 1. The van der Waals surface area contributed by atoms with Crippen molar-refractivity contribution in [1.82, 2.24) is 5.32 Å². The highest BCUT2D eigenvalue weighted by Crippen LogP contribution is 2.30. The van der Waals surface area contributed by atoms with Crippen LogP contribution in [0.25, 0.3) is 0 Å². The Morgan fingerprint density at radius 3 is 2.71 bits per heavy atom. The lowest BCUT2D eigenvalue weighted by Crippen LogP contribution is -2.44. The standard InChI is InChI=1S/C12H14NO/c1-12(8-7-11(14)13-9-12)10-5-3-2-4-6-10/h3-6H,7-9H2,1H3,(H,13,14). The molecule has 73 valence electrons. The van der Waals surface area contributed by atoms with E-state index in [0.717, 1.165) is 13.0 Å². The van der Waals surface area contributed by atoms with Crippen LogP contribution in [0.4, 0.5) is 0 Å². The van der Waals surface area contributed by atoms with Crippen molar-refractivity contribution >= 4 is 5.91 Å². The quantitative estimate of drug-likeness (QED) is 0.713. The molecule has 2 heteroatoms. The molecule has 1 aliphatic heterocycles. The highest BCUT2D eigenvalue weighted by Gasteiger charge is 2.31. The second-order valence-corrected chi connectivity index (χ2v) is 4.13. The van der Waals surface area contributed by atoms with Crippen LogP contribution in [0, 0.1) is 6.07 Å². The second-order valence-electron chi connectivity index (χ2n) is 4.13. The van der Waals surface area contributed by atoms with Crippen molar-refractivity contribution in [3.05, 3.63) is 35.9 Å². The normalized spacial score (nSPS) is 27.1. The van der Waals surface area contributed by atoms with Gasteiger partial charge in [-0.3, -0.25) is 4.79 Å². The summed E-state index contributed by atoms with van der Waals surface area (Å²) in [6.07, 6.45) is 1.57. The first-order chi connectivity index (χ1) is 6.71. The average Bonchev–Trinajstić information content (AvgIpc) is 2.24. The van der Waals surface area contributed by atoms with E-state index in [4.69, 9.17) is 0 Å². The summed E-state index contributed by atoms with van der Waals surface area (Å²) in [5.41, 5.74) is 1.39. The van der Waals surface area contributed by atoms with E-state index < -0.39 is 0 Å². The molecule has 0 bridgehead atoms. The summed E-state index contributed by atoms with van der Waals surface area (Å²) in [7, 11) is 0. The molecule has 1 N–H and O–H groups in total. The topological polar surface area (TPSA) is 29.1 Å². The molecular weight excluding hydrogens is 174 g/mol. The van der Waals surface area contributed by atoms with Crippen molar-refractivity contribution in [3.8, 4) is 0 Å². The molecular formula is C12H14NO. The van der Waals surface area contributed by atoms with Gasteiger partial charge in [0.05, 0.1) is 0 Å². The van der Waals surface area contributed by atoms with Gasteiger partial charge < -0.3 is 5.32 Å². The first-order valence-corrected chi connectivity index (χ1v) is 4.94. The zero-order chi connectivity index (χ0) is 10.0. The van der Waals surface area contributed by atoms with Gasteiger partial charge in [-0.25, -0.2) is 0 Å². The molecule has 0 aromatic heterocycles. The molecule has 1 unspecified atom stereocenters. The van der Waals surface area contributed by atoms with Crippen molar-refractivity contribution in [2.75, 3.05) is 6.54 Å². The average molecular weight is 188 g/mol. The maximum absolute atomic E-state index is 11.1. The molecule has 2 nitrogen and oxygen atoms in total. The summed E-state index contributed by atoms with van der Waals surface area (Å²) in [4.78, 5) is 11.1. The number of hydrogen-bond acceptors (Lipinski definition) is 1. The van der Waals surface area contributed by atoms with Gasteiger partial charge in [0.25, 0.3) is 0 Å². The van der Waals surface area contributed by atoms with Crippen LogP contribution >= 0.6 is 0 Å². The number of amides is 1. The first-order valence-electron chi connectivity index (χ1n) is 4.94. The molecule has 1 heterocycles. The van der Waals surface area contributed by atoms with Gasteiger partial charge in [0.2, 0.25) is 5.91 Å². The molecule has 0 spiro atoms. The van der Waals surface area contributed by atoms with E-state index in [-0.39, 0.29) is 11.3 Å². The van der Waals surface area contributed by atoms with E-state index in [0.29, 0.717) is 6.42 Å². The third-order valence-electron chi connectivity index (χ3n) is 2.99. The van der Waals surface area contributed by atoms with Gasteiger partial charge in [-0.05, 0) is 18.1 Å². The summed E-state index contributed by atoms with van der Waals surface area (Å²) in [5, 5.41) is 2.92. The fraction of sp³-hybridized carbons (Fsp3) is 0.417. The number of rotatable bonds is 1. The molecule has 0 saturated carbocycles. The minimum Gasteiger partial charge on any atom is -0.355 e. The maximum Gasteiger partial charge on any atom is 0.220 e. The van der Waals surface area contributed by atoms with Gasteiger partial charge in [-0.2, -0.15) is 0 Å². The lowest BCUT2D eigenvalue weighted by atomic mass is 9.76. The van der Waals surface area contributed by atoms with Gasteiger partial charge in [0.15, 0.2) is 0 Å². The second kappa shape index (κ2) is 3.45. The van der Waals surface area contributed by atoms with Crippen LogP contribution in [-0.2, 0) is 10.2 Å². The van der Waals surface area contributed by atoms with E-state index in [9.17, 15) is 4.79 Å². The van der Waals surface area contributed by atoms with Crippen molar-refractivity contribution in [3.63, 3.8) is 0 Å². The SMILES string of the molecule is CC1(c2cc[c]cc2)CCC(=O)NC1. The number of carbonyl (C=O) groups excluding carboxylic acids is 1. The molecule has 1 aromatic rings. The van der Waals surface area contributed by atoms with Crippen LogP contribution < -0.4 is 5.32 Å². The van der Waals surface area contributed by atoms with Crippen LogP contribution in [0.3, 0.4) is 0 Å². The zero-order valence-corrected chi connectivity index (χ0v) is 8.34. The molecule has 0 aliphatic carbocycles. The van der Waals surface area contributed by atoms with Gasteiger partial charge >= 0.3 is 0 Å². The van der Waals surface area contributed by atoms with Crippen LogP contribution in [0.5, 0.6) is 0 Å². The highest BCUT2D eigenvalue weighted by molar-refractivity contribution is 5.77. The Morgan fingerprint density at radius 1 is 1.43 bits per heavy atom. The van der Waals surface area contributed by atoms with Gasteiger partial charge in [0, 0.05) is 18.4 Å². The van der Waals surface area contributed by atoms with E-state index in [1.165, 1.54) is 5.56 Å². The Labute approximate surface area is 84.3 Å². The fourth-order valence-electron chi connectivity index (χ4n) is 1.90. The van der Waals surface area contributed by atoms with Crippen molar-refractivity contribution < 1.29 is 4.79 Å². The largest absolute Gasteiger partial charge is 0.355 e. The first kappa shape index (κ1) is 9.25. The molecule has 14 heavy (non-hydrogen) atoms. The minimum absolute atomic E-state index is 0.100. The van der Waals surface area contributed by atoms with Crippen molar-refractivity contribution in [2.45, 2.75) is 25.2 Å². The Bertz CT molecular complexity index is 321. The molecule has 1 amide bonds. The predicted molar refractivity (Wildman–Crippen MR) is 54.9 cm³/mol. The molecule has 1 fully saturated rings. The fourth-order valence-corrected chi connectivity index (χ4v) is 1.90. The summed E-state index contributed by atoms with van der Waals surface area (Å²) in [6.45, 7) is 2.94. The molecule has 1 saturated heterocycles. The summed E-state index contributed by atoms with van der Waals surface area (Å²) in [5.74, 6) is 0.171. The smallest absolute Gasteiger partial charge is 0.220 e. The van der Waals surface area contributed by atoms with Crippen molar-refractivity contribution in [1.29, 1.82) is 0 Å². The Kier molecular flexibility index (Phi) is 2.28. The number of carbonyl (C=O) groups is 1. The van der Waals surface area contributed by atoms with E-state index in [1.807, 2.05) is 12.1 Å². The summed E-state index contributed by atoms with van der Waals surface area (Å²) in [6, 6.07) is 11.0. The third-order valence-corrected chi connectivity index (χ3v) is 2.99. The Balaban J connectivity index is 2.21. The van der Waals surface area contributed by atoms with Crippen LogP contribution in [-0.4, -0.2) is 12.5 Å². The number of hydrogen-bond donors (Lipinski definition) is 1. The molecule has 1 radical (unpaired) electrons. The molecule has 2 rings (SSSR count). The lowest BCUT2D eigenvalue weighted by Gasteiger charge is -2.34. The Morgan fingerprint density at radius 2 is 2.14 bits per heavy atom. The van der Waals surface area contributed by atoms with Gasteiger partial charge in [-0.1, -0.05) is 31.2 Å². The van der Waals surface area contributed by atoms with Crippen LogP contribution in [0.2, 0.25) is 0 Å². The monoisotopic (exact) mass is 188 g/mol. The minimum atomic E-state index is 0.100. The molecule has 1 aliphatic rings. The summed E-state index contributed by atoms with van der Waals surface area (Å²) >= 11 is 0. The lowest BCUT2D eigenvalue weighted by molar-refractivity contribution is -0.123. The highest BCUT2D eigenvalue weighted by atomic mass is 16.1. The number of piperidine rings is 1. The zero-order valence-electron chi connectivity index (χ0n) is 8.34. The van der Waals surface area contributed by atoms with Gasteiger partial charge in [-0.15, -0.1) is 0 Å². The van der Waals surface area contributed by atoms with E-state index in [1.54, 1.807) is 0 Å².